The van der Waals surface area contributed by atoms with E-state index in [0.717, 1.165) is 13.1 Å². The van der Waals surface area contributed by atoms with Crippen LogP contribution in [0.3, 0.4) is 0 Å². The zero-order chi connectivity index (χ0) is 13.0. The highest BCUT2D eigenvalue weighted by Crippen LogP contribution is 2.26. The van der Waals surface area contributed by atoms with Crippen molar-refractivity contribution in [2.75, 3.05) is 20.7 Å². The van der Waals surface area contributed by atoms with Gasteiger partial charge in [-0.25, -0.2) is 0 Å². The van der Waals surface area contributed by atoms with Crippen molar-refractivity contribution in [3.8, 4) is 0 Å². The molecule has 1 heterocycles. The molecular weight excluding hydrogens is 246 g/mol. The van der Waals surface area contributed by atoms with Crippen molar-refractivity contribution in [3.05, 3.63) is 35.2 Å². The lowest BCUT2D eigenvalue weighted by molar-refractivity contribution is -0.140. The topological polar surface area (TPSA) is 29.5 Å². The van der Waals surface area contributed by atoms with Crippen LogP contribution in [0, 0.1) is 0 Å². The minimum Gasteiger partial charge on any atom is -0.469 e. The van der Waals surface area contributed by atoms with Gasteiger partial charge < -0.3 is 9.64 Å². The molecule has 0 radical (unpaired) electrons. The van der Waals surface area contributed by atoms with Gasteiger partial charge in [-0.15, -0.1) is 11.3 Å². The van der Waals surface area contributed by atoms with Gasteiger partial charge in [0.05, 0.1) is 13.5 Å². The number of thiophene rings is 1. The number of methoxy groups -OCH3 is 1. The molecule has 1 aromatic heterocycles. The van der Waals surface area contributed by atoms with Crippen molar-refractivity contribution in [3.63, 3.8) is 0 Å². The maximum atomic E-state index is 11.1. The van der Waals surface area contributed by atoms with Crippen molar-refractivity contribution in [2.24, 2.45) is 0 Å². The summed E-state index contributed by atoms with van der Waals surface area (Å²) in [5.41, 5.74) is 1.32. The van der Waals surface area contributed by atoms with Gasteiger partial charge in [-0.2, -0.15) is 0 Å². The molecule has 2 aromatic rings. The molecule has 4 heteroatoms. The Bertz CT molecular complexity index is 535. The zero-order valence-electron chi connectivity index (χ0n) is 10.7. The van der Waals surface area contributed by atoms with E-state index in [4.69, 9.17) is 0 Å². The van der Waals surface area contributed by atoms with Crippen LogP contribution in [0.5, 0.6) is 0 Å². The van der Waals surface area contributed by atoms with Crippen LogP contribution in [0.4, 0.5) is 0 Å². The molecular formula is C14H17NO2S. The van der Waals surface area contributed by atoms with E-state index in [2.05, 4.69) is 39.3 Å². The van der Waals surface area contributed by atoms with Crippen LogP contribution < -0.4 is 0 Å². The van der Waals surface area contributed by atoms with Gasteiger partial charge in [-0.05, 0) is 29.4 Å². The molecule has 18 heavy (non-hydrogen) atoms. The lowest BCUT2D eigenvalue weighted by Crippen LogP contribution is -2.21. The number of nitrogens with zero attached hydrogens (tertiary/aromatic N) is 1. The molecule has 0 saturated heterocycles. The molecule has 0 bridgehead atoms. The minimum atomic E-state index is -0.156. The second kappa shape index (κ2) is 5.98. The van der Waals surface area contributed by atoms with Gasteiger partial charge in [-0.1, -0.05) is 18.2 Å². The Kier molecular flexibility index (Phi) is 4.33. The second-order valence-corrected chi connectivity index (χ2v) is 5.23. The van der Waals surface area contributed by atoms with Crippen molar-refractivity contribution < 1.29 is 9.53 Å². The maximum absolute atomic E-state index is 11.1. The number of ether oxygens (including phenoxy) is 1. The number of hydrogen-bond donors (Lipinski definition) is 0. The summed E-state index contributed by atoms with van der Waals surface area (Å²) in [5, 5.41) is 3.51. The summed E-state index contributed by atoms with van der Waals surface area (Å²) in [6, 6.07) is 8.41. The van der Waals surface area contributed by atoms with E-state index in [-0.39, 0.29) is 5.97 Å². The SMILES string of the molecule is COC(=O)CCN(C)Cc1csc2ccccc12. The number of esters is 1. The number of carbonyl (C=O) groups excluding carboxylic acids is 1. The first kappa shape index (κ1) is 13.1. The predicted octanol–water partition coefficient (Wildman–Crippen LogP) is 2.90. The van der Waals surface area contributed by atoms with E-state index >= 15 is 0 Å². The largest absolute Gasteiger partial charge is 0.469 e. The Morgan fingerprint density at radius 1 is 1.39 bits per heavy atom. The highest BCUT2D eigenvalue weighted by molar-refractivity contribution is 7.17. The molecule has 2 rings (SSSR count). The average molecular weight is 263 g/mol. The van der Waals surface area contributed by atoms with Gasteiger partial charge in [0.2, 0.25) is 0 Å². The van der Waals surface area contributed by atoms with Gasteiger partial charge in [0.25, 0.3) is 0 Å². The Morgan fingerprint density at radius 2 is 2.17 bits per heavy atom. The standard InChI is InChI=1S/C14H17NO2S/c1-15(8-7-14(16)17-2)9-11-10-18-13-6-4-3-5-12(11)13/h3-6,10H,7-9H2,1-2H3. The molecule has 0 N–H and O–H groups in total. The van der Waals surface area contributed by atoms with Crippen LogP contribution in [0.25, 0.3) is 10.1 Å². The molecule has 0 atom stereocenters. The Hall–Kier alpha value is -1.39. The molecule has 0 aliphatic carbocycles. The summed E-state index contributed by atoms with van der Waals surface area (Å²) < 4.78 is 5.96. The molecule has 0 unspecified atom stereocenters. The first-order valence-corrected chi connectivity index (χ1v) is 6.79. The van der Waals surface area contributed by atoms with Crippen LogP contribution in [-0.4, -0.2) is 31.6 Å². The third-order valence-electron chi connectivity index (χ3n) is 2.93. The summed E-state index contributed by atoms with van der Waals surface area (Å²) in [5.74, 6) is -0.156. The van der Waals surface area contributed by atoms with Gasteiger partial charge in [-0.3, -0.25) is 4.79 Å². The van der Waals surface area contributed by atoms with Gasteiger partial charge in [0.1, 0.15) is 0 Å². The second-order valence-electron chi connectivity index (χ2n) is 4.32. The number of hydrogen-bond acceptors (Lipinski definition) is 4. The summed E-state index contributed by atoms with van der Waals surface area (Å²) in [6.07, 6.45) is 0.440. The van der Waals surface area contributed by atoms with E-state index in [9.17, 15) is 4.79 Å². The monoisotopic (exact) mass is 263 g/mol. The molecule has 3 nitrogen and oxygen atoms in total. The molecule has 0 aliphatic heterocycles. The molecule has 0 fully saturated rings. The number of benzene rings is 1. The quantitative estimate of drug-likeness (QED) is 0.777. The molecule has 1 aromatic carbocycles. The normalized spacial score (nSPS) is 11.1. The van der Waals surface area contributed by atoms with Crippen LogP contribution in [-0.2, 0) is 16.1 Å². The van der Waals surface area contributed by atoms with E-state index in [1.807, 2.05) is 7.05 Å². The van der Waals surface area contributed by atoms with Crippen molar-refractivity contribution in [1.82, 2.24) is 4.90 Å². The van der Waals surface area contributed by atoms with Gasteiger partial charge in [0.15, 0.2) is 0 Å². The molecule has 0 spiro atoms. The van der Waals surface area contributed by atoms with Gasteiger partial charge in [0, 0.05) is 17.8 Å². The fourth-order valence-corrected chi connectivity index (χ4v) is 2.86. The minimum absolute atomic E-state index is 0.156. The maximum Gasteiger partial charge on any atom is 0.306 e. The van der Waals surface area contributed by atoms with Crippen LogP contribution in [0.15, 0.2) is 29.6 Å². The lowest BCUT2D eigenvalue weighted by Gasteiger charge is -2.15. The smallest absolute Gasteiger partial charge is 0.306 e. The fraction of sp³-hybridized carbons (Fsp3) is 0.357. The summed E-state index contributed by atoms with van der Waals surface area (Å²) in [4.78, 5) is 13.2. The molecule has 96 valence electrons. The lowest BCUT2D eigenvalue weighted by atomic mass is 10.1. The first-order chi connectivity index (χ1) is 8.70. The van der Waals surface area contributed by atoms with Crippen LogP contribution in [0.2, 0.25) is 0 Å². The number of fused-ring (bicyclic) bond motifs is 1. The average Bonchev–Trinajstić information content (AvgIpc) is 2.79. The highest BCUT2D eigenvalue weighted by Gasteiger charge is 2.08. The van der Waals surface area contributed by atoms with Crippen LogP contribution in [0.1, 0.15) is 12.0 Å². The first-order valence-electron chi connectivity index (χ1n) is 5.91. The molecule has 0 amide bonds. The summed E-state index contributed by atoms with van der Waals surface area (Å²) in [7, 11) is 3.45. The molecule has 0 saturated carbocycles. The van der Waals surface area contributed by atoms with E-state index in [1.165, 1.54) is 22.8 Å². The van der Waals surface area contributed by atoms with Crippen molar-refractivity contribution in [1.29, 1.82) is 0 Å². The van der Waals surface area contributed by atoms with Gasteiger partial charge >= 0.3 is 5.97 Å². The highest BCUT2D eigenvalue weighted by atomic mass is 32.1. The van der Waals surface area contributed by atoms with Crippen molar-refractivity contribution in [2.45, 2.75) is 13.0 Å². The van der Waals surface area contributed by atoms with E-state index < -0.39 is 0 Å². The number of carbonyl (C=O) groups is 1. The summed E-state index contributed by atoms with van der Waals surface area (Å²) >= 11 is 1.77. The van der Waals surface area contributed by atoms with E-state index in [1.54, 1.807) is 11.3 Å². The zero-order valence-corrected chi connectivity index (χ0v) is 11.5. The Morgan fingerprint density at radius 3 is 2.94 bits per heavy atom. The predicted molar refractivity (Wildman–Crippen MR) is 74.8 cm³/mol. The van der Waals surface area contributed by atoms with E-state index in [0.29, 0.717) is 6.42 Å². The fourth-order valence-electron chi connectivity index (χ4n) is 1.91. The Labute approximate surface area is 111 Å². The Balaban J connectivity index is 1.98. The summed E-state index contributed by atoms with van der Waals surface area (Å²) in [6.45, 7) is 1.58. The molecule has 0 aliphatic rings. The third-order valence-corrected chi connectivity index (χ3v) is 3.94. The van der Waals surface area contributed by atoms with Crippen LogP contribution >= 0.6 is 11.3 Å². The van der Waals surface area contributed by atoms with Crippen molar-refractivity contribution >= 4 is 27.4 Å². The third kappa shape index (κ3) is 3.09. The number of rotatable bonds is 5.